The average molecular weight is 305 g/mol. The lowest BCUT2D eigenvalue weighted by atomic mass is 10.1. The van der Waals surface area contributed by atoms with Gasteiger partial charge in [0.1, 0.15) is 0 Å². The molecule has 0 aliphatic rings. The van der Waals surface area contributed by atoms with E-state index in [9.17, 15) is 9.59 Å². The Morgan fingerprint density at radius 2 is 1.95 bits per heavy atom. The number of esters is 1. The van der Waals surface area contributed by atoms with Crippen LogP contribution in [0, 0.1) is 13.8 Å². The number of aromatic nitrogens is 4. The average Bonchev–Trinajstić information content (AvgIpc) is 2.78. The maximum Gasteiger partial charge on any atom is 0.378 e. The van der Waals surface area contributed by atoms with E-state index in [0.717, 1.165) is 11.4 Å². The second-order valence-electron chi connectivity index (χ2n) is 6.06. The molecule has 2 heterocycles. The summed E-state index contributed by atoms with van der Waals surface area (Å²) in [5, 5.41) is 6.74. The van der Waals surface area contributed by atoms with E-state index in [-0.39, 0.29) is 23.9 Å². The van der Waals surface area contributed by atoms with Gasteiger partial charge in [0.2, 0.25) is 0 Å². The number of hydrogen-bond donors (Lipinski definition) is 1. The Morgan fingerprint density at radius 3 is 2.59 bits per heavy atom. The van der Waals surface area contributed by atoms with Gasteiger partial charge < -0.3 is 10.1 Å². The molecule has 8 nitrogen and oxygen atoms in total. The molecule has 0 aliphatic heterocycles. The van der Waals surface area contributed by atoms with Gasteiger partial charge in [0.05, 0.1) is 0 Å². The third-order valence-corrected chi connectivity index (χ3v) is 2.65. The van der Waals surface area contributed by atoms with E-state index in [1.165, 1.54) is 4.52 Å². The normalized spacial score (nSPS) is 11.5. The summed E-state index contributed by atoms with van der Waals surface area (Å²) in [6, 6.07) is 1.83. The minimum absolute atomic E-state index is 0.121. The van der Waals surface area contributed by atoms with Gasteiger partial charge in [-0.1, -0.05) is 0 Å². The zero-order valence-electron chi connectivity index (χ0n) is 13.3. The molecule has 0 saturated carbocycles. The summed E-state index contributed by atoms with van der Waals surface area (Å²) < 4.78 is 6.38. The Balaban J connectivity index is 2.07. The van der Waals surface area contributed by atoms with E-state index in [0.29, 0.717) is 5.78 Å². The molecule has 2 aromatic rings. The van der Waals surface area contributed by atoms with Crippen molar-refractivity contribution in [2.45, 2.75) is 40.2 Å². The second kappa shape index (κ2) is 5.70. The molecule has 0 radical (unpaired) electrons. The summed E-state index contributed by atoms with van der Waals surface area (Å²) in [6.45, 7) is 8.81. The van der Waals surface area contributed by atoms with Gasteiger partial charge in [0, 0.05) is 16.9 Å². The molecule has 2 rings (SSSR count). The third kappa shape index (κ3) is 3.78. The summed E-state index contributed by atoms with van der Waals surface area (Å²) in [4.78, 5) is 31.7. The van der Waals surface area contributed by atoms with Gasteiger partial charge in [0.15, 0.2) is 6.61 Å². The first-order valence-corrected chi connectivity index (χ1v) is 6.85. The maximum atomic E-state index is 11.9. The molecule has 2 aromatic heterocycles. The molecular weight excluding hydrogens is 286 g/mol. The van der Waals surface area contributed by atoms with E-state index < -0.39 is 5.97 Å². The van der Waals surface area contributed by atoms with Crippen LogP contribution < -0.4 is 5.32 Å². The van der Waals surface area contributed by atoms with Gasteiger partial charge in [-0.25, -0.2) is 14.3 Å². The zero-order valence-corrected chi connectivity index (χ0v) is 13.3. The van der Waals surface area contributed by atoms with Gasteiger partial charge in [-0.2, -0.15) is 4.98 Å². The van der Waals surface area contributed by atoms with Crippen LogP contribution in [-0.2, 0) is 9.53 Å². The van der Waals surface area contributed by atoms with Crippen molar-refractivity contribution >= 4 is 17.7 Å². The third-order valence-electron chi connectivity index (χ3n) is 2.65. The first kappa shape index (κ1) is 15.9. The van der Waals surface area contributed by atoms with Crippen molar-refractivity contribution in [2.24, 2.45) is 0 Å². The van der Waals surface area contributed by atoms with Gasteiger partial charge >= 0.3 is 5.97 Å². The highest BCUT2D eigenvalue weighted by Gasteiger charge is 2.19. The van der Waals surface area contributed by atoms with Crippen molar-refractivity contribution in [1.82, 2.24) is 24.9 Å². The van der Waals surface area contributed by atoms with Crippen molar-refractivity contribution in [3.05, 3.63) is 23.3 Å². The fourth-order valence-electron chi connectivity index (χ4n) is 1.90. The number of ether oxygens (including phenoxy) is 1. The van der Waals surface area contributed by atoms with Crippen LogP contribution in [0.5, 0.6) is 0 Å². The lowest BCUT2D eigenvalue weighted by molar-refractivity contribution is -0.125. The monoisotopic (exact) mass is 305 g/mol. The summed E-state index contributed by atoms with van der Waals surface area (Å²) in [7, 11) is 0. The largest absolute Gasteiger partial charge is 0.450 e. The molecule has 22 heavy (non-hydrogen) atoms. The van der Waals surface area contributed by atoms with Crippen molar-refractivity contribution in [2.75, 3.05) is 6.61 Å². The number of nitrogens with one attached hydrogen (secondary N) is 1. The highest BCUT2D eigenvalue weighted by atomic mass is 16.5. The van der Waals surface area contributed by atoms with E-state index in [4.69, 9.17) is 4.74 Å². The molecule has 0 saturated heterocycles. The predicted molar refractivity (Wildman–Crippen MR) is 78.4 cm³/mol. The fraction of sp³-hybridized carbons (Fsp3) is 0.500. The molecule has 8 heteroatoms. The second-order valence-corrected chi connectivity index (χ2v) is 6.06. The Kier molecular flexibility index (Phi) is 4.11. The standard InChI is InChI=1S/C14H19N5O3/c1-8-6-9(2)19-13(15-8)16-11(18-19)12(21)22-7-10(20)17-14(3,4)5/h6H,7H2,1-5H3,(H,17,20). The number of rotatable bonds is 3. The van der Waals surface area contributed by atoms with Gasteiger partial charge in [-0.3, -0.25) is 4.79 Å². The van der Waals surface area contributed by atoms with Gasteiger partial charge in [0.25, 0.3) is 17.5 Å². The minimum Gasteiger partial charge on any atom is -0.450 e. The van der Waals surface area contributed by atoms with Crippen LogP contribution in [0.25, 0.3) is 5.78 Å². The minimum atomic E-state index is -0.758. The number of carbonyl (C=O) groups excluding carboxylic acids is 2. The van der Waals surface area contributed by atoms with Crippen molar-refractivity contribution in [1.29, 1.82) is 0 Å². The lowest BCUT2D eigenvalue weighted by Crippen LogP contribution is -2.42. The number of fused-ring (bicyclic) bond motifs is 1. The molecule has 1 amide bonds. The van der Waals surface area contributed by atoms with Crippen LogP contribution in [0.2, 0.25) is 0 Å². The predicted octanol–water partition coefficient (Wildman–Crippen LogP) is 0.813. The quantitative estimate of drug-likeness (QED) is 0.843. The number of hydrogen-bond acceptors (Lipinski definition) is 6. The molecule has 0 aliphatic carbocycles. The van der Waals surface area contributed by atoms with Gasteiger partial charge in [-0.05, 0) is 40.7 Å². The van der Waals surface area contributed by atoms with Gasteiger partial charge in [-0.15, -0.1) is 5.10 Å². The number of carbonyl (C=O) groups is 2. The van der Waals surface area contributed by atoms with Crippen molar-refractivity contribution in [3.8, 4) is 0 Å². The van der Waals surface area contributed by atoms with E-state index in [1.807, 2.05) is 40.7 Å². The van der Waals surface area contributed by atoms with Crippen LogP contribution >= 0.6 is 0 Å². The summed E-state index contributed by atoms with van der Waals surface area (Å²) in [5.41, 5.74) is 1.20. The molecule has 0 unspecified atom stereocenters. The highest BCUT2D eigenvalue weighted by Crippen LogP contribution is 2.06. The smallest absolute Gasteiger partial charge is 0.378 e. The zero-order chi connectivity index (χ0) is 16.5. The van der Waals surface area contributed by atoms with E-state index >= 15 is 0 Å². The summed E-state index contributed by atoms with van der Waals surface area (Å²) in [6.07, 6.45) is 0. The first-order chi connectivity index (χ1) is 10.2. The van der Waals surface area contributed by atoms with Crippen LogP contribution in [0.15, 0.2) is 6.07 Å². The molecule has 118 valence electrons. The molecular formula is C14H19N5O3. The molecule has 1 N–H and O–H groups in total. The Hall–Kier alpha value is -2.51. The van der Waals surface area contributed by atoms with Crippen molar-refractivity contribution in [3.63, 3.8) is 0 Å². The topological polar surface area (TPSA) is 98.5 Å². The summed E-state index contributed by atoms with van der Waals surface area (Å²) in [5.74, 6) is -0.935. The number of amides is 1. The Bertz CT molecular complexity index is 730. The molecule has 0 atom stereocenters. The lowest BCUT2D eigenvalue weighted by Gasteiger charge is -2.20. The number of nitrogens with zero attached hydrogens (tertiary/aromatic N) is 4. The Morgan fingerprint density at radius 1 is 1.27 bits per heavy atom. The molecule has 0 bridgehead atoms. The molecule has 0 fully saturated rings. The summed E-state index contributed by atoms with van der Waals surface area (Å²) >= 11 is 0. The molecule has 0 aromatic carbocycles. The fourth-order valence-corrected chi connectivity index (χ4v) is 1.90. The highest BCUT2D eigenvalue weighted by molar-refractivity contribution is 5.88. The maximum absolute atomic E-state index is 11.9. The van der Waals surface area contributed by atoms with Crippen LogP contribution in [0.4, 0.5) is 0 Å². The first-order valence-electron chi connectivity index (χ1n) is 6.85. The van der Waals surface area contributed by atoms with E-state index in [1.54, 1.807) is 0 Å². The van der Waals surface area contributed by atoms with Crippen LogP contribution in [-0.4, -0.2) is 43.6 Å². The van der Waals surface area contributed by atoms with E-state index in [2.05, 4.69) is 20.4 Å². The Labute approximate surface area is 127 Å². The van der Waals surface area contributed by atoms with Crippen molar-refractivity contribution < 1.29 is 14.3 Å². The SMILES string of the molecule is Cc1cc(C)n2nc(C(=O)OCC(=O)NC(C)(C)C)nc2n1. The number of aryl methyl sites for hydroxylation is 2. The molecule has 0 spiro atoms. The van der Waals surface area contributed by atoms with Crippen LogP contribution in [0.3, 0.4) is 0 Å². The van der Waals surface area contributed by atoms with Crippen LogP contribution in [0.1, 0.15) is 42.8 Å².